The maximum Gasteiger partial charge on any atom is 0.408 e. The lowest BCUT2D eigenvalue weighted by Gasteiger charge is -2.72. The Morgan fingerprint density at radius 1 is 1.20 bits per heavy atom. The molecule has 3 saturated carbocycles. The predicted molar refractivity (Wildman–Crippen MR) is 88.2 cm³/mol. The SMILES string of the molecule is CC(C(=O)c1ccc(F)cc1F)C12CC(NC(=O)OC(C)(C)C)(C1)C2. The molecule has 0 heterocycles. The van der Waals surface area contributed by atoms with Crippen molar-refractivity contribution in [2.45, 2.75) is 58.1 Å². The molecule has 0 radical (unpaired) electrons. The number of halogens is 2. The Bertz CT molecular complexity index is 719. The van der Waals surface area contributed by atoms with Gasteiger partial charge in [0, 0.05) is 17.5 Å². The average molecular weight is 351 g/mol. The Balaban J connectivity index is 1.61. The van der Waals surface area contributed by atoms with Gasteiger partial charge in [-0.05, 0) is 57.6 Å². The summed E-state index contributed by atoms with van der Waals surface area (Å²) in [5, 5.41) is 2.90. The van der Waals surface area contributed by atoms with Crippen molar-refractivity contribution in [2.75, 3.05) is 0 Å². The number of amides is 1. The second kappa shape index (κ2) is 5.51. The molecule has 1 unspecified atom stereocenters. The summed E-state index contributed by atoms with van der Waals surface area (Å²) in [5.41, 5.74) is -1.16. The molecule has 1 atom stereocenters. The molecular weight excluding hydrogens is 328 g/mol. The van der Waals surface area contributed by atoms with Crippen molar-refractivity contribution < 1.29 is 23.1 Å². The van der Waals surface area contributed by atoms with Gasteiger partial charge < -0.3 is 10.1 Å². The molecule has 0 aliphatic heterocycles. The average Bonchev–Trinajstić information content (AvgIpc) is 2.37. The number of alkyl carbamates (subject to hydrolysis) is 1. The molecule has 3 aliphatic rings. The van der Waals surface area contributed by atoms with Gasteiger partial charge in [0.15, 0.2) is 5.78 Å². The van der Waals surface area contributed by atoms with Crippen LogP contribution in [0.15, 0.2) is 18.2 Å². The quantitative estimate of drug-likeness (QED) is 0.826. The van der Waals surface area contributed by atoms with Crippen molar-refractivity contribution in [3.63, 3.8) is 0 Å². The number of rotatable bonds is 4. The van der Waals surface area contributed by atoms with E-state index in [1.807, 2.05) is 0 Å². The molecule has 4 rings (SSSR count). The van der Waals surface area contributed by atoms with E-state index < -0.39 is 23.3 Å². The van der Waals surface area contributed by atoms with Crippen LogP contribution in [0.1, 0.15) is 57.3 Å². The standard InChI is InChI=1S/C19H23F2NO3/c1-11(15(23)13-6-5-12(20)7-14(13)21)18-8-19(9-18,10-18)22-16(24)25-17(2,3)4/h5-7,11H,8-10H2,1-4H3,(H,22,24). The van der Waals surface area contributed by atoms with Crippen LogP contribution in [-0.4, -0.2) is 23.0 Å². The molecule has 4 nitrogen and oxygen atoms in total. The van der Waals surface area contributed by atoms with Crippen molar-refractivity contribution in [1.82, 2.24) is 5.32 Å². The molecule has 1 amide bonds. The summed E-state index contributed by atoms with van der Waals surface area (Å²) in [6.45, 7) is 7.18. The van der Waals surface area contributed by atoms with E-state index in [1.54, 1.807) is 27.7 Å². The normalized spacial score (nSPS) is 28.4. The lowest BCUT2D eigenvalue weighted by Crippen LogP contribution is -2.77. The van der Waals surface area contributed by atoms with Crippen LogP contribution in [0.3, 0.4) is 0 Å². The fourth-order valence-electron chi connectivity index (χ4n) is 4.18. The molecule has 136 valence electrons. The first-order chi connectivity index (χ1) is 11.5. The van der Waals surface area contributed by atoms with Gasteiger partial charge in [-0.15, -0.1) is 0 Å². The minimum Gasteiger partial charge on any atom is -0.444 e. The van der Waals surface area contributed by atoms with Gasteiger partial charge in [0.1, 0.15) is 17.2 Å². The van der Waals surface area contributed by atoms with E-state index in [0.29, 0.717) is 19.3 Å². The number of ketones is 1. The molecule has 2 bridgehead atoms. The first-order valence-electron chi connectivity index (χ1n) is 8.46. The Morgan fingerprint density at radius 2 is 1.80 bits per heavy atom. The molecule has 1 aromatic carbocycles. The third-order valence-electron chi connectivity index (χ3n) is 5.35. The molecule has 25 heavy (non-hydrogen) atoms. The Labute approximate surface area is 145 Å². The third kappa shape index (κ3) is 3.14. The molecule has 1 aromatic rings. The zero-order valence-electron chi connectivity index (χ0n) is 14.9. The van der Waals surface area contributed by atoms with E-state index in [0.717, 1.165) is 12.1 Å². The van der Waals surface area contributed by atoms with E-state index in [2.05, 4.69) is 5.32 Å². The van der Waals surface area contributed by atoms with Gasteiger partial charge in [-0.2, -0.15) is 0 Å². The molecule has 0 saturated heterocycles. The molecule has 1 N–H and O–H groups in total. The van der Waals surface area contributed by atoms with Crippen LogP contribution < -0.4 is 5.32 Å². The molecule has 0 aromatic heterocycles. The van der Waals surface area contributed by atoms with Gasteiger partial charge in [-0.3, -0.25) is 4.79 Å². The van der Waals surface area contributed by atoms with Crippen molar-refractivity contribution in [3.8, 4) is 0 Å². The number of carbonyl (C=O) groups excluding carboxylic acids is 2. The van der Waals surface area contributed by atoms with Gasteiger partial charge in [0.2, 0.25) is 0 Å². The number of ether oxygens (including phenoxy) is 1. The highest BCUT2D eigenvalue weighted by Crippen LogP contribution is 2.71. The monoisotopic (exact) mass is 351 g/mol. The van der Waals surface area contributed by atoms with E-state index in [4.69, 9.17) is 4.74 Å². The lowest BCUT2D eigenvalue weighted by atomic mass is 9.35. The lowest BCUT2D eigenvalue weighted by molar-refractivity contribution is -0.173. The number of carbonyl (C=O) groups is 2. The second-order valence-electron chi connectivity index (χ2n) is 8.51. The zero-order chi connectivity index (χ0) is 18.6. The van der Waals surface area contributed by atoms with Gasteiger partial charge in [0.05, 0.1) is 5.56 Å². The minimum absolute atomic E-state index is 0.0761. The van der Waals surface area contributed by atoms with Crippen LogP contribution in [0, 0.1) is 23.0 Å². The van der Waals surface area contributed by atoms with Crippen LogP contribution >= 0.6 is 0 Å². The zero-order valence-corrected chi connectivity index (χ0v) is 14.9. The fourth-order valence-corrected chi connectivity index (χ4v) is 4.18. The largest absolute Gasteiger partial charge is 0.444 e. The maximum atomic E-state index is 13.9. The summed E-state index contributed by atoms with van der Waals surface area (Å²) in [6.07, 6.45) is 1.57. The minimum atomic E-state index is -0.829. The van der Waals surface area contributed by atoms with E-state index in [9.17, 15) is 18.4 Å². The number of hydrogen-bond acceptors (Lipinski definition) is 3. The topological polar surface area (TPSA) is 55.4 Å². The van der Waals surface area contributed by atoms with Crippen LogP contribution in [0.25, 0.3) is 0 Å². The van der Waals surface area contributed by atoms with Crippen LogP contribution in [0.2, 0.25) is 0 Å². The van der Waals surface area contributed by atoms with Crippen molar-refractivity contribution in [2.24, 2.45) is 11.3 Å². The summed E-state index contributed by atoms with van der Waals surface area (Å²) < 4.78 is 32.1. The van der Waals surface area contributed by atoms with Crippen LogP contribution in [0.5, 0.6) is 0 Å². The summed E-state index contributed by atoms with van der Waals surface area (Å²) in [5.74, 6) is -2.23. The summed E-state index contributed by atoms with van der Waals surface area (Å²) in [4.78, 5) is 24.5. The number of benzene rings is 1. The molecule has 6 heteroatoms. The summed E-state index contributed by atoms with van der Waals surface area (Å²) in [7, 11) is 0. The number of hydrogen-bond donors (Lipinski definition) is 1. The highest BCUT2D eigenvalue weighted by molar-refractivity contribution is 5.98. The van der Waals surface area contributed by atoms with Gasteiger partial charge in [0.25, 0.3) is 0 Å². The third-order valence-corrected chi connectivity index (χ3v) is 5.35. The summed E-state index contributed by atoms with van der Waals surface area (Å²) >= 11 is 0. The van der Waals surface area contributed by atoms with E-state index in [-0.39, 0.29) is 28.2 Å². The van der Waals surface area contributed by atoms with Crippen molar-refractivity contribution in [3.05, 3.63) is 35.4 Å². The second-order valence-corrected chi connectivity index (χ2v) is 8.51. The highest BCUT2D eigenvalue weighted by atomic mass is 19.1. The molecule has 0 spiro atoms. The number of Topliss-reactive ketones (excluding diaryl/α,β-unsaturated/α-hetero) is 1. The molecule has 3 aliphatic carbocycles. The molecular formula is C19H23F2NO3. The smallest absolute Gasteiger partial charge is 0.408 e. The van der Waals surface area contributed by atoms with Gasteiger partial charge >= 0.3 is 6.09 Å². The highest BCUT2D eigenvalue weighted by Gasteiger charge is 2.71. The Hall–Kier alpha value is -1.98. The fraction of sp³-hybridized carbons (Fsp3) is 0.579. The van der Waals surface area contributed by atoms with E-state index >= 15 is 0 Å². The predicted octanol–water partition coefficient (Wildman–Crippen LogP) is 4.23. The van der Waals surface area contributed by atoms with Gasteiger partial charge in [-0.1, -0.05) is 6.92 Å². The van der Waals surface area contributed by atoms with E-state index in [1.165, 1.54) is 6.07 Å². The maximum absolute atomic E-state index is 13.9. The Morgan fingerprint density at radius 3 is 2.32 bits per heavy atom. The first kappa shape index (κ1) is 17.8. The first-order valence-corrected chi connectivity index (χ1v) is 8.46. The summed E-state index contributed by atoms with van der Waals surface area (Å²) in [6, 6.07) is 3.02. The molecule has 3 fully saturated rings. The van der Waals surface area contributed by atoms with Crippen LogP contribution in [-0.2, 0) is 4.74 Å². The van der Waals surface area contributed by atoms with Crippen molar-refractivity contribution in [1.29, 1.82) is 0 Å². The Kier molecular flexibility index (Phi) is 3.93. The van der Waals surface area contributed by atoms with Crippen molar-refractivity contribution >= 4 is 11.9 Å². The van der Waals surface area contributed by atoms with Crippen LogP contribution in [0.4, 0.5) is 13.6 Å². The number of nitrogens with one attached hydrogen (secondary N) is 1. The van der Waals surface area contributed by atoms with Gasteiger partial charge in [-0.25, -0.2) is 13.6 Å².